The minimum Gasteiger partial charge on any atom is -0.464 e. The maximum atomic E-state index is 12.3. The summed E-state index contributed by atoms with van der Waals surface area (Å²) in [6.45, 7) is 3.12. The number of rotatable bonds is 7. The summed E-state index contributed by atoms with van der Waals surface area (Å²) in [5.41, 5.74) is 2.13. The SMILES string of the molecule is CC(=O)Oc1ccc(-c2ccc(C(=O)OCC(=O)N(C)Cc3ccc(C)o3)cc2)cc1. The van der Waals surface area contributed by atoms with Crippen LogP contribution in [0.25, 0.3) is 11.1 Å². The highest BCUT2D eigenvalue weighted by Crippen LogP contribution is 2.23. The monoisotopic (exact) mass is 421 g/mol. The average molecular weight is 421 g/mol. The van der Waals surface area contributed by atoms with Crippen molar-refractivity contribution in [3.8, 4) is 16.9 Å². The van der Waals surface area contributed by atoms with Crippen LogP contribution in [-0.2, 0) is 20.9 Å². The fourth-order valence-corrected chi connectivity index (χ4v) is 2.89. The molecule has 0 N–H and O–H groups in total. The Kier molecular flexibility index (Phi) is 6.87. The van der Waals surface area contributed by atoms with Gasteiger partial charge in [0.15, 0.2) is 6.61 Å². The maximum absolute atomic E-state index is 12.3. The summed E-state index contributed by atoms with van der Waals surface area (Å²) in [5, 5.41) is 0. The smallest absolute Gasteiger partial charge is 0.338 e. The van der Waals surface area contributed by atoms with Crippen molar-refractivity contribution in [1.29, 1.82) is 0 Å². The molecule has 1 aromatic heterocycles. The number of esters is 2. The first-order chi connectivity index (χ1) is 14.8. The van der Waals surface area contributed by atoms with E-state index in [4.69, 9.17) is 13.9 Å². The first kappa shape index (κ1) is 21.8. The third kappa shape index (κ3) is 6.05. The summed E-state index contributed by atoms with van der Waals surface area (Å²) in [6.07, 6.45) is 0. The van der Waals surface area contributed by atoms with Crippen LogP contribution in [0.4, 0.5) is 0 Å². The van der Waals surface area contributed by atoms with Crippen LogP contribution < -0.4 is 4.74 Å². The molecule has 0 saturated heterocycles. The highest BCUT2D eigenvalue weighted by Gasteiger charge is 2.15. The molecule has 31 heavy (non-hydrogen) atoms. The molecule has 1 heterocycles. The van der Waals surface area contributed by atoms with Gasteiger partial charge in [-0.1, -0.05) is 24.3 Å². The molecule has 160 valence electrons. The molecule has 3 aromatic rings. The topological polar surface area (TPSA) is 86.1 Å². The van der Waals surface area contributed by atoms with Gasteiger partial charge in [0, 0.05) is 14.0 Å². The number of benzene rings is 2. The molecule has 0 atom stereocenters. The van der Waals surface area contributed by atoms with E-state index in [0.29, 0.717) is 23.6 Å². The molecule has 0 spiro atoms. The van der Waals surface area contributed by atoms with Gasteiger partial charge in [-0.2, -0.15) is 0 Å². The van der Waals surface area contributed by atoms with Crippen molar-refractivity contribution in [2.45, 2.75) is 20.4 Å². The number of carbonyl (C=O) groups excluding carboxylic acids is 3. The summed E-state index contributed by atoms with van der Waals surface area (Å²) < 4.78 is 15.6. The number of carbonyl (C=O) groups is 3. The van der Waals surface area contributed by atoms with Crippen molar-refractivity contribution < 1.29 is 28.3 Å². The number of nitrogens with zero attached hydrogens (tertiary/aromatic N) is 1. The first-order valence-electron chi connectivity index (χ1n) is 9.67. The molecule has 7 nitrogen and oxygen atoms in total. The van der Waals surface area contributed by atoms with E-state index >= 15 is 0 Å². The zero-order valence-corrected chi connectivity index (χ0v) is 17.6. The highest BCUT2D eigenvalue weighted by atomic mass is 16.5. The van der Waals surface area contributed by atoms with Gasteiger partial charge in [0.05, 0.1) is 12.1 Å². The largest absolute Gasteiger partial charge is 0.464 e. The van der Waals surface area contributed by atoms with E-state index in [1.54, 1.807) is 49.5 Å². The molecule has 7 heteroatoms. The van der Waals surface area contributed by atoms with Gasteiger partial charge in [-0.25, -0.2) is 4.79 Å². The minimum absolute atomic E-state index is 0.301. The van der Waals surface area contributed by atoms with E-state index in [-0.39, 0.29) is 18.5 Å². The standard InChI is InChI=1S/C24H23NO6/c1-16-4-11-22(30-16)14-25(3)23(27)15-29-24(28)20-7-5-18(6-8-20)19-9-12-21(13-10-19)31-17(2)26/h4-13H,14-15H2,1-3H3. The van der Waals surface area contributed by atoms with Crippen LogP contribution in [0.2, 0.25) is 0 Å². The van der Waals surface area contributed by atoms with Crippen molar-refractivity contribution in [1.82, 2.24) is 4.90 Å². The normalized spacial score (nSPS) is 10.4. The second kappa shape index (κ2) is 9.75. The van der Waals surface area contributed by atoms with Crippen molar-refractivity contribution in [2.75, 3.05) is 13.7 Å². The zero-order valence-electron chi connectivity index (χ0n) is 17.6. The van der Waals surface area contributed by atoms with Gasteiger partial charge in [-0.15, -0.1) is 0 Å². The van der Waals surface area contributed by atoms with E-state index in [0.717, 1.165) is 16.9 Å². The Morgan fingerprint density at radius 1 is 0.903 bits per heavy atom. The Morgan fingerprint density at radius 2 is 1.52 bits per heavy atom. The Bertz CT molecular complexity index is 1070. The van der Waals surface area contributed by atoms with E-state index in [1.165, 1.54) is 11.8 Å². The number of furan rings is 1. The predicted octanol–water partition coefficient (Wildman–Crippen LogP) is 4.00. The van der Waals surface area contributed by atoms with E-state index in [2.05, 4.69) is 0 Å². The fraction of sp³-hybridized carbons (Fsp3) is 0.208. The van der Waals surface area contributed by atoms with Crippen molar-refractivity contribution in [3.05, 3.63) is 77.7 Å². The lowest BCUT2D eigenvalue weighted by Crippen LogP contribution is -2.30. The van der Waals surface area contributed by atoms with E-state index < -0.39 is 5.97 Å². The van der Waals surface area contributed by atoms with Crippen molar-refractivity contribution in [3.63, 3.8) is 0 Å². The molecule has 1 amide bonds. The molecule has 0 aliphatic rings. The Labute approximate surface area is 180 Å². The van der Waals surface area contributed by atoms with Gasteiger partial charge >= 0.3 is 11.9 Å². The fourth-order valence-electron chi connectivity index (χ4n) is 2.89. The molecular weight excluding hydrogens is 398 g/mol. The average Bonchev–Trinajstić information content (AvgIpc) is 3.16. The van der Waals surface area contributed by atoms with Crippen LogP contribution in [0.5, 0.6) is 5.75 Å². The lowest BCUT2D eigenvalue weighted by atomic mass is 10.0. The number of ether oxygens (including phenoxy) is 2. The summed E-state index contributed by atoms with van der Waals surface area (Å²) in [6, 6.07) is 17.5. The Balaban J connectivity index is 1.53. The molecule has 2 aromatic carbocycles. The molecule has 0 bridgehead atoms. The van der Waals surface area contributed by atoms with Crippen LogP contribution in [0, 0.1) is 6.92 Å². The predicted molar refractivity (Wildman–Crippen MR) is 113 cm³/mol. The third-order valence-corrected chi connectivity index (χ3v) is 4.51. The summed E-state index contributed by atoms with van der Waals surface area (Å²) >= 11 is 0. The van der Waals surface area contributed by atoms with Gasteiger partial charge in [0.25, 0.3) is 5.91 Å². The number of hydrogen-bond acceptors (Lipinski definition) is 6. The second-order valence-corrected chi connectivity index (χ2v) is 7.03. The lowest BCUT2D eigenvalue weighted by Gasteiger charge is -2.15. The van der Waals surface area contributed by atoms with Crippen LogP contribution in [-0.4, -0.2) is 36.4 Å². The molecular formula is C24H23NO6. The molecule has 0 aliphatic carbocycles. The number of hydrogen-bond donors (Lipinski definition) is 0. The second-order valence-electron chi connectivity index (χ2n) is 7.03. The zero-order chi connectivity index (χ0) is 22.4. The van der Waals surface area contributed by atoms with Crippen LogP contribution in [0.1, 0.15) is 28.8 Å². The van der Waals surface area contributed by atoms with Gasteiger partial charge < -0.3 is 18.8 Å². The van der Waals surface area contributed by atoms with Crippen LogP contribution in [0.15, 0.2) is 65.1 Å². The number of likely N-dealkylation sites (N-methyl/N-ethyl adjacent to an activating group) is 1. The van der Waals surface area contributed by atoms with Gasteiger partial charge in [0.1, 0.15) is 17.3 Å². The van der Waals surface area contributed by atoms with Gasteiger partial charge in [0.2, 0.25) is 0 Å². The van der Waals surface area contributed by atoms with E-state index in [1.807, 2.05) is 25.1 Å². The van der Waals surface area contributed by atoms with Crippen molar-refractivity contribution >= 4 is 17.8 Å². The maximum Gasteiger partial charge on any atom is 0.338 e. The molecule has 0 saturated carbocycles. The minimum atomic E-state index is -0.577. The molecule has 0 unspecified atom stereocenters. The highest BCUT2D eigenvalue weighted by molar-refractivity contribution is 5.91. The molecule has 0 radical (unpaired) electrons. The summed E-state index contributed by atoms with van der Waals surface area (Å²) in [7, 11) is 1.62. The number of aryl methyl sites for hydroxylation is 1. The van der Waals surface area contributed by atoms with Gasteiger partial charge in [-0.05, 0) is 54.4 Å². The summed E-state index contributed by atoms with van der Waals surface area (Å²) in [4.78, 5) is 36.9. The molecule has 3 rings (SSSR count). The summed E-state index contributed by atoms with van der Waals surface area (Å²) in [5.74, 6) is 0.617. The lowest BCUT2D eigenvalue weighted by molar-refractivity contribution is -0.134. The van der Waals surface area contributed by atoms with Crippen LogP contribution >= 0.6 is 0 Å². The number of amides is 1. The Morgan fingerprint density at radius 3 is 2.06 bits per heavy atom. The molecule has 0 aliphatic heterocycles. The molecule has 0 fully saturated rings. The van der Waals surface area contributed by atoms with Crippen molar-refractivity contribution in [2.24, 2.45) is 0 Å². The van der Waals surface area contributed by atoms with Gasteiger partial charge in [-0.3, -0.25) is 9.59 Å². The van der Waals surface area contributed by atoms with Crippen LogP contribution in [0.3, 0.4) is 0 Å². The Hall–Kier alpha value is -3.87. The quantitative estimate of drug-likeness (QED) is 0.423. The first-order valence-corrected chi connectivity index (χ1v) is 9.67. The van der Waals surface area contributed by atoms with E-state index in [9.17, 15) is 14.4 Å². The third-order valence-electron chi connectivity index (χ3n) is 4.51.